The number of carbonyl (C=O) groups excluding carboxylic acids is 2. The number of aromatic nitrogens is 1. The molecule has 1 saturated carbocycles. The van der Waals surface area contributed by atoms with Crippen molar-refractivity contribution in [3.8, 4) is 0 Å². The van der Waals surface area contributed by atoms with E-state index in [0.29, 0.717) is 19.4 Å². The molecular formula is C22H25F2N3O3S. The zero-order valence-electron chi connectivity index (χ0n) is 17.2. The van der Waals surface area contributed by atoms with E-state index in [1.165, 1.54) is 6.07 Å². The summed E-state index contributed by atoms with van der Waals surface area (Å²) in [5.41, 5.74) is 2.68. The second-order valence-electron chi connectivity index (χ2n) is 7.91. The Morgan fingerprint density at radius 1 is 1.32 bits per heavy atom. The van der Waals surface area contributed by atoms with Crippen molar-refractivity contribution in [3.63, 3.8) is 0 Å². The minimum atomic E-state index is -0.821. The SMILES string of the molecule is CCOC1CC1C(=O)NC(CNC(=O)C1CCCc2scnc21)c1ccc(F)cc1F. The number of nitrogens with zero attached hydrogens (tertiary/aromatic N) is 1. The van der Waals surface area contributed by atoms with E-state index in [1.54, 1.807) is 16.8 Å². The molecule has 2 aliphatic rings. The molecule has 6 nitrogen and oxygen atoms in total. The van der Waals surface area contributed by atoms with Crippen molar-refractivity contribution in [2.75, 3.05) is 13.2 Å². The summed E-state index contributed by atoms with van der Waals surface area (Å²) < 4.78 is 33.3. The number of amides is 2. The number of nitrogens with one attached hydrogen (secondary N) is 2. The minimum absolute atomic E-state index is 0.00484. The highest BCUT2D eigenvalue weighted by Crippen LogP contribution is 2.35. The highest BCUT2D eigenvalue weighted by Gasteiger charge is 2.44. The van der Waals surface area contributed by atoms with Gasteiger partial charge >= 0.3 is 0 Å². The number of carbonyl (C=O) groups is 2. The molecule has 166 valence electrons. The van der Waals surface area contributed by atoms with Crippen LogP contribution in [0.4, 0.5) is 8.78 Å². The van der Waals surface area contributed by atoms with Crippen LogP contribution in [0.25, 0.3) is 0 Å². The van der Waals surface area contributed by atoms with Crippen molar-refractivity contribution < 1.29 is 23.1 Å². The smallest absolute Gasteiger partial charge is 0.229 e. The standard InChI is InChI=1S/C22H25F2N3O3S/c1-2-30-18-9-15(18)22(29)27-17(13-7-6-12(23)8-16(13)24)10-25-21(28)14-4-3-5-19-20(14)26-11-31-19/h6-8,11,14-15,17-18H,2-5,9-10H2,1H3,(H,25,28)(H,27,29). The molecule has 4 rings (SSSR count). The summed E-state index contributed by atoms with van der Waals surface area (Å²) in [5.74, 6) is -2.58. The number of hydrogen-bond acceptors (Lipinski definition) is 5. The number of benzene rings is 1. The van der Waals surface area contributed by atoms with Gasteiger partial charge in [-0.05, 0) is 38.7 Å². The topological polar surface area (TPSA) is 80.3 Å². The van der Waals surface area contributed by atoms with Crippen LogP contribution in [0.1, 0.15) is 54.3 Å². The molecule has 1 fully saturated rings. The number of fused-ring (bicyclic) bond motifs is 1. The lowest BCUT2D eigenvalue weighted by Crippen LogP contribution is -2.41. The fraction of sp³-hybridized carbons (Fsp3) is 0.500. The van der Waals surface area contributed by atoms with Crippen molar-refractivity contribution in [1.29, 1.82) is 0 Å². The van der Waals surface area contributed by atoms with Crippen LogP contribution in [-0.2, 0) is 20.7 Å². The van der Waals surface area contributed by atoms with Gasteiger partial charge in [-0.1, -0.05) is 6.07 Å². The molecule has 1 aromatic carbocycles. The van der Waals surface area contributed by atoms with Gasteiger partial charge in [0.05, 0.1) is 35.2 Å². The summed E-state index contributed by atoms with van der Waals surface area (Å²) in [6.45, 7) is 2.37. The summed E-state index contributed by atoms with van der Waals surface area (Å²) >= 11 is 1.55. The van der Waals surface area contributed by atoms with Crippen LogP contribution in [0.5, 0.6) is 0 Å². The number of halogens is 2. The lowest BCUT2D eigenvalue weighted by molar-refractivity contribution is -0.125. The maximum Gasteiger partial charge on any atom is 0.229 e. The van der Waals surface area contributed by atoms with E-state index in [-0.39, 0.29) is 41.9 Å². The Kier molecular flexibility index (Phi) is 6.62. The number of ether oxygens (including phenoxy) is 1. The fourth-order valence-corrected chi connectivity index (χ4v) is 4.95. The molecule has 2 aromatic rings. The second kappa shape index (κ2) is 9.40. The largest absolute Gasteiger partial charge is 0.378 e. The quantitative estimate of drug-likeness (QED) is 0.649. The second-order valence-corrected chi connectivity index (χ2v) is 8.85. The molecule has 0 spiro atoms. The molecular weight excluding hydrogens is 424 g/mol. The van der Waals surface area contributed by atoms with Gasteiger partial charge in [0.2, 0.25) is 11.8 Å². The van der Waals surface area contributed by atoms with Crippen LogP contribution in [0.15, 0.2) is 23.7 Å². The minimum Gasteiger partial charge on any atom is -0.378 e. The predicted octanol–water partition coefficient (Wildman–Crippen LogP) is 3.24. The molecule has 2 aliphatic carbocycles. The fourth-order valence-electron chi connectivity index (χ4n) is 4.08. The van der Waals surface area contributed by atoms with Gasteiger partial charge in [-0.3, -0.25) is 9.59 Å². The van der Waals surface area contributed by atoms with Gasteiger partial charge in [0, 0.05) is 29.7 Å². The number of thiazole rings is 1. The van der Waals surface area contributed by atoms with E-state index in [9.17, 15) is 18.4 Å². The van der Waals surface area contributed by atoms with E-state index < -0.39 is 17.7 Å². The third-order valence-electron chi connectivity index (χ3n) is 5.80. The molecule has 0 saturated heterocycles. The maximum atomic E-state index is 14.5. The van der Waals surface area contributed by atoms with Crippen molar-refractivity contribution in [2.45, 2.75) is 50.7 Å². The third-order valence-corrected chi connectivity index (χ3v) is 6.71. The zero-order valence-corrected chi connectivity index (χ0v) is 18.0. The maximum absolute atomic E-state index is 14.5. The number of hydrogen-bond donors (Lipinski definition) is 2. The van der Waals surface area contributed by atoms with Gasteiger partial charge in [0.15, 0.2) is 0 Å². The van der Waals surface area contributed by atoms with Gasteiger partial charge in [-0.2, -0.15) is 0 Å². The van der Waals surface area contributed by atoms with Gasteiger partial charge in [0.1, 0.15) is 11.6 Å². The molecule has 9 heteroatoms. The van der Waals surface area contributed by atoms with Crippen LogP contribution < -0.4 is 10.6 Å². The van der Waals surface area contributed by atoms with Gasteiger partial charge < -0.3 is 15.4 Å². The lowest BCUT2D eigenvalue weighted by atomic mass is 9.90. The Morgan fingerprint density at radius 2 is 2.16 bits per heavy atom. The van der Waals surface area contributed by atoms with E-state index in [1.807, 2.05) is 6.92 Å². The molecule has 2 N–H and O–H groups in total. The number of rotatable bonds is 8. The van der Waals surface area contributed by atoms with E-state index in [0.717, 1.165) is 35.5 Å². The van der Waals surface area contributed by atoms with Crippen molar-refractivity contribution >= 4 is 23.2 Å². The van der Waals surface area contributed by atoms with Crippen LogP contribution in [0.2, 0.25) is 0 Å². The average Bonchev–Trinajstić information content (AvgIpc) is 3.35. The van der Waals surface area contributed by atoms with E-state index in [4.69, 9.17) is 4.74 Å². The van der Waals surface area contributed by atoms with Crippen LogP contribution in [-0.4, -0.2) is 36.1 Å². The Bertz CT molecular complexity index is 967. The monoisotopic (exact) mass is 449 g/mol. The first-order valence-electron chi connectivity index (χ1n) is 10.5. The summed E-state index contributed by atoms with van der Waals surface area (Å²) in [5, 5.41) is 5.65. The van der Waals surface area contributed by atoms with Crippen LogP contribution in [0, 0.1) is 17.6 Å². The van der Waals surface area contributed by atoms with Crippen molar-refractivity contribution in [1.82, 2.24) is 15.6 Å². The molecule has 2 amide bonds. The Morgan fingerprint density at radius 3 is 2.94 bits per heavy atom. The summed E-state index contributed by atoms with van der Waals surface area (Å²) in [6.07, 6.45) is 3.00. The molecule has 1 heterocycles. The summed E-state index contributed by atoms with van der Waals surface area (Å²) in [6, 6.07) is 2.40. The molecule has 4 unspecified atom stereocenters. The lowest BCUT2D eigenvalue weighted by Gasteiger charge is -2.24. The summed E-state index contributed by atoms with van der Waals surface area (Å²) in [4.78, 5) is 31.0. The first-order chi connectivity index (χ1) is 15.0. The molecule has 1 aromatic heterocycles. The van der Waals surface area contributed by atoms with Gasteiger partial charge in [0.25, 0.3) is 0 Å². The zero-order chi connectivity index (χ0) is 22.0. The first kappa shape index (κ1) is 21.8. The Balaban J connectivity index is 1.46. The average molecular weight is 450 g/mol. The van der Waals surface area contributed by atoms with Crippen molar-refractivity contribution in [2.24, 2.45) is 5.92 Å². The van der Waals surface area contributed by atoms with Crippen molar-refractivity contribution in [3.05, 3.63) is 51.5 Å². The van der Waals surface area contributed by atoms with E-state index >= 15 is 0 Å². The van der Waals surface area contributed by atoms with Gasteiger partial charge in [-0.25, -0.2) is 13.8 Å². The molecule has 0 aliphatic heterocycles. The number of aryl methyl sites for hydroxylation is 1. The Labute approximate surface area is 183 Å². The predicted molar refractivity (Wildman–Crippen MR) is 112 cm³/mol. The third kappa shape index (κ3) is 4.93. The Hall–Kier alpha value is -2.39. The molecule has 31 heavy (non-hydrogen) atoms. The van der Waals surface area contributed by atoms with Gasteiger partial charge in [-0.15, -0.1) is 11.3 Å². The molecule has 0 radical (unpaired) electrons. The van der Waals surface area contributed by atoms with E-state index in [2.05, 4.69) is 15.6 Å². The highest BCUT2D eigenvalue weighted by molar-refractivity contribution is 7.09. The normalized spacial score (nSPS) is 23.0. The molecule has 4 atom stereocenters. The summed E-state index contributed by atoms with van der Waals surface area (Å²) in [7, 11) is 0. The molecule has 0 bridgehead atoms. The van der Waals surface area contributed by atoms with Crippen LogP contribution >= 0.6 is 11.3 Å². The highest BCUT2D eigenvalue weighted by atomic mass is 32.1. The first-order valence-corrected chi connectivity index (χ1v) is 11.4. The van der Waals surface area contributed by atoms with Crippen LogP contribution in [0.3, 0.4) is 0 Å².